The van der Waals surface area contributed by atoms with Crippen LogP contribution in [-0.2, 0) is 4.79 Å². The zero-order valence-electron chi connectivity index (χ0n) is 10.4. The number of carbonyl (C=O) groups excluding carboxylic acids is 1. The van der Waals surface area contributed by atoms with Crippen LogP contribution in [0.3, 0.4) is 0 Å². The van der Waals surface area contributed by atoms with Crippen molar-refractivity contribution in [3.63, 3.8) is 0 Å². The van der Waals surface area contributed by atoms with Crippen LogP contribution < -0.4 is 5.32 Å². The van der Waals surface area contributed by atoms with E-state index in [9.17, 15) is 4.79 Å². The van der Waals surface area contributed by atoms with Crippen molar-refractivity contribution in [2.75, 3.05) is 13.1 Å². The standard InChI is InChI=1S/C13H25NO/c1-4-11(3)9-12(15)13(5-2)7-6-8-14-10-13/h11,14H,4-10H2,1-3H3. The lowest BCUT2D eigenvalue weighted by atomic mass is 9.72. The average Bonchev–Trinajstić information content (AvgIpc) is 2.29. The molecule has 1 N–H and O–H groups in total. The van der Waals surface area contributed by atoms with E-state index < -0.39 is 0 Å². The van der Waals surface area contributed by atoms with Crippen LogP contribution in [0.15, 0.2) is 0 Å². The maximum Gasteiger partial charge on any atom is 0.140 e. The second kappa shape index (κ2) is 5.64. The summed E-state index contributed by atoms with van der Waals surface area (Å²) in [7, 11) is 0. The summed E-state index contributed by atoms with van der Waals surface area (Å²) in [4.78, 5) is 12.3. The molecular formula is C13H25NO. The number of hydrogen-bond acceptors (Lipinski definition) is 2. The van der Waals surface area contributed by atoms with E-state index in [2.05, 4.69) is 26.1 Å². The number of carbonyl (C=O) groups is 1. The first-order valence-corrected chi connectivity index (χ1v) is 6.38. The Morgan fingerprint density at radius 2 is 2.20 bits per heavy atom. The van der Waals surface area contributed by atoms with E-state index in [-0.39, 0.29) is 5.41 Å². The lowest BCUT2D eigenvalue weighted by molar-refractivity contribution is -0.131. The molecule has 1 aliphatic heterocycles. The van der Waals surface area contributed by atoms with Gasteiger partial charge in [0.05, 0.1) is 0 Å². The third-order valence-corrected chi connectivity index (χ3v) is 3.97. The van der Waals surface area contributed by atoms with Crippen LogP contribution in [0, 0.1) is 11.3 Å². The Kier molecular flexibility index (Phi) is 4.78. The summed E-state index contributed by atoms with van der Waals surface area (Å²) in [6.07, 6.45) is 5.12. The molecule has 2 nitrogen and oxygen atoms in total. The van der Waals surface area contributed by atoms with Crippen LogP contribution in [0.25, 0.3) is 0 Å². The van der Waals surface area contributed by atoms with Gasteiger partial charge >= 0.3 is 0 Å². The van der Waals surface area contributed by atoms with Crippen molar-refractivity contribution in [3.05, 3.63) is 0 Å². The molecule has 0 aromatic heterocycles. The third-order valence-electron chi connectivity index (χ3n) is 3.97. The van der Waals surface area contributed by atoms with Crippen molar-refractivity contribution in [3.8, 4) is 0 Å². The van der Waals surface area contributed by atoms with E-state index in [4.69, 9.17) is 0 Å². The molecule has 0 aromatic carbocycles. The molecule has 88 valence electrons. The molecule has 1 aliphatic rings. The predicted octanol–water partition coefficient (Wildman–Crippen LogP) is 2.77. The van der Waals surface area contributed by atoms with E-state index in [0.29, 0.717) is 11.7 Å². The summed E-state index contributed by atoms with van der Waals surface area (Å²) in [6.45, 7) is 8.48. The van der Waals surface area contributed by atoms with Crippen molar-refractivity contribution in [2.24, 2.45) is 11.3 Å². The highest BCUT2D eigenvalue weighted by atomic mass is 16.1. The SMILES string of the molecule is CCC(C)CC(=O)C1(CC)CCCNC1. The maximum absolute atomic E-state index is 12.3. The molecule has 0 bridgehead atoms. The van der Waals surface area contributed by atoms with Gasteiger partial charge < -0.3 is 5.32 Å². The first-order valence-electron chi connectivity index (χ1n) is 6.38. The average molecular weight is 211 g/mol. The molecule has 0 radical (unpaired) electrons. The fraction of sp³-hybridized carbons (Fsp3) is 0.923. The zero-order chi connectivity index (χ0) is 11.3. The van der Waals surface area contributed by atoms with Crippen molar-refractivity contribution in [1.29, 1.82) is 0 Å². The number of rotatable bonds is 5. The monoisotopic (exact) mass is 211 g/mol. The summed E-state index contributed by atoms with van der Waals surface area (Å²) in [5.41, 5.74) is -0.0400. The minimum atomic E-state index is -0.0400. The van der Waals surface area contributed by atoms with Gasteiger partial charge in [0.2, 0.25) is 0 Å². The summed E-state index contributed by atoms with van der Waals surface area (Å²) >= 11 is 0. The van der Waals surface area contributed by atoms with Crippen LogP contribution in [0.5, 0.6) is 0 Å². The highest BCUT2D eigenvalue weighted by Crippen LogP contribution is 2.33. The molecule has 1 heterocycles. The molecule has 1 rings (SSSR count). The molecule has 0 aliphatic carbocycles. The predicted molar refractivity (Wildman–Crippen MR) is 63.9 cm³/mol. The second-order valence-corrected chi connectivity index (χ2v) is 5.05. The Morgan fingerprint density at radius 1 is 1.47 bits per heavy atom. The molecule has 0 aromatic rings. The smallest absolute Gasteiger partial charge is 0.140 e. The molecule has 0 amide bonds. The van der Waals surface area contributed by atoms with Gasteiger partial charge in [0.1, 0.15) is 5.78 Å². The lowest BCUT2D eigenvalue weighted by Crippen LogP contribution is -2.45. The van der Waals surface area contributed by atoms with Gasteiger partial charge in [0, 0.05) is 18.4 Å². The Labute approximate surface area is 93.8 Å². The van der Waals surface area contributed by atoms with Crippen molar-refractivity contribution < 1.29 is 4.79 Å². The van der Waals surface area contributed by atoms with Crippen molar-refractivity contribution >= 4 is 5.78 Å². The van der Waals surface area contributed by atoms with Gasteiger partial charge in [-0.1, -0.05) is 27.2 Å². The number of piperidine rings is 1. The summed E-state index contributed by atoms with van der Waals surface area (Å²) in [5.74, 6) is 1.04. The summed E-state index contributed by atoms with van der Waals surface area (Å²) in [6, 6.07) is 0. The number of nitrogens with one attached hydrogen (secondary N) is 1. The Bertz CT molecular complexity index is 207. The van der Waals surface area contributed by atoms with Crippen LogP contribution >= 0.6 is 0 Å². The van der Waals surface area contributed by atoms with E-state index >= 15 is 0 Å². The Balaban J connectivity index is 2.59. The van der Waals surface area contributed by atoms with Gasteiger partial charge in [-0.2, -0.15) is 0 Å². The molecule has 1 fully saturated rings. The quantitative estimate of drug-likeness (QED) is 0.757. The van der Waals surface area contributed by atoms with Crippen LogP contribution in [0.1, 0.15) is 52.9 Å². The zero-order valence-corrected chi connectivity index (χ0v) is 10.4. The Morgan fingerprint density at radius 3 is 2.67 bits per heavy atom. The number of Topliss-reactive ketones (excluding diaryl/α,β-unsaturated/α-hetero) is 1. The molecule has 2 atom stereocenters. The minimum absolute atomic E-state index is 0.0400. The molecular weight excluding hydrogens is 186 g/mol. The highest BCUT2D eigenvalue weighted by molar-refractivity contribution is 5.85. The maximum atomic E-state index is 12.3. The summed E-state index contributed by atoms with van der Waals surface area (Å²) in [5, 5.41) is 3.38. The number of ketones is 1. The van der Waals surface area contributed by atoms with Gasteiger partial charge in [0.25, 0.3) is 0 Å². The molecule has 0 saturated carbocycles. The van der Waals surface area contributed by atoms with Gasteiger partial charge in [-0.15, -0.1) is 0 Å². The molecule has 15 heavy (non-hydrogen) atoms. The van der Waals surface area contributed by atoms with Crippen molar-refractivity contribution in [2.45, 2.75) is 52.9 Å². The van der Waals surface area contributed by atoms with E-state index in [1.807, 2.05) is 0 Å². The largest absolute Gasteiger partial charge is 0.316 e. The molecule has 2 unspecified atom stereocenters. The fourth-order valence-corrected chi connectivity index (χ4v) is 2.38. The molecule has 1 saturated heterocycles. The first-order chi connectivity index (χ1) is 7.14. The van der Waals surface area contributed by atoms with E-state index in [1.54, 1.807) is 0 Å². The van der Waals surface area contributed by atoms with E-state index in [1.165, 1.54) is 0 Å². The molecule has 0 spiro atoms. The van der Waals surface area contributed by atoms with Crippen LogP contribution in [-0.4, -0.2) is 18.9 Å². The van der Waals surface area contributed by atoms with Gasteiger partial charge in [0.15, 0.2) is 0 Å². The van der Waals surface area contributed by atoms with Crippen LogP contribution in [0.4, 0.5) is 0 Å². The Hall–Kier alpha value is -0.370. The normalized spacial score (nSPS) is 28.7. The van der Waals surface area contributed by atoms with Gasteiger partial charge in [-0.25, -0.2) is 0 Å². The van der Waals surface area contributed by atoms with Crippen LogP contribution in [0.2, 0.25) is 0 Å². The van der Waals surface area contributed by atoms with Gasteiger partial charge in [-0.3, -0.25) is 4.79 Å². The highest BCUT2D eigenvalue weighted by Gasteiger charge is 2.37. The minimum Gasteiger partial charge on any atom is -0.316 e. The lowest BCUT2D eigenvalue weighted by Gasteiger charge is -2.36. The first kappa shape index (κ1) is 12.7. The number of hydrogen-bond donors (Lipinski definition) is 1. The summed E-state index contributed by atoms with van der Waals surface area (Å²) < 4.78 is 0. The van der Waals surface area contributed by atoms with E-state index in [0.717, 1.165) is 45.2 Å². The second-order valence-electron chi connectivity index (χ2n) is 5.05. The topological polar surface area (TPSA) is 29.1 Å². The molecule has 2 heteroatoms. The fourth-order valence-electron chi connectivity index (χ4n) is 2.38. The van der Waals surface area contributed by atoms with Crippen molar-refractivity contribution in [1.82, 2.24) is 5.32 Å². The van der Waals surface area contributed by atoms with Gasteiger partial charge in [-0.05, 0) is 31.7 Å². The third kappa shape index (κ3) is 3.04.